The molecule has 17 aromatic rings. The van der Waals surface area contributed by atoms with Gasteiger partial charge in [-0.1, -0.05) is 315 Å². The molecule has 21 rings (SSSR count). The Morgan fingerprint density at radius 2 is 0.500 bits per heavy atom. The van der Waals surface area contributed by atoms with Gasteiger partial charge in [0, 0.05) is 55.6 Å². The van der Waals surface area contributed by atoms with E-state index in [-0.39, 0.29) is 0 Å². The van der Waals surface area contributed by atoms with Crippen molar-refractivity contribution in [3.8, 4) is 158 Å². The predicted octanol–water partition coefficient (Wildman–Crippen LogP) is 24.9. The zero-order chi connectivity index (χ0) is 69.9. The average Bonchev–Trinajstić information content (AvgIpc) is 1.49. The second kappa shape index (κ2) is 24.4. The van der Waals surface area contributed by atoms with Crippen LogP contribution in [0.15, 0.2) is 376 Å². The fourth-order valence-corrected chi connectivity index (χ4v) is 17.3. The monoisotopic (exact) mass is 1350 g/mol. The molecule has 494 valence electrons. The zero-order valence-electron chi connectivity index (χ0n) is 57.4. The highest BCUT2D eigenvalue weighted by atomic mass is 16.5. The maximum Gasteiger partial charge on any atom is 0.160 e. The van der Waals surface area contributed by atoms with Gasteiger partial charge in [0.15, 0.2) is 11.6 Å². The molecule has 6 heteroatoms. The molecule has 0 saturated carbocycles. The van der Waals surface area contributed by atoms with Gasteiger partial charge >= 0.3 is 0 Å². The lowest BCUT2D eigenvalue weighted by molar-refractivity contribution is 0.436. The van der Waals surface area contributed by atoms with Crippen molar-refractivity contribution in [3.05, 3.63) is 421 Å². The van der Waals surface area contributed by atoms with Crippen LogP contribution in [0, 0.1) is 0 Å². The minimum Gasteiger partial charge on any atom is -0.457 e. The number of hydrogen-bond donors (Lipinski definition) is 0. The molecule has 6 nitrogen and oxygen atoms in total. The first-order valence-corrected chi connectivity index (χ1v) is 36.1. The Bertz CT molecular complexity index is 6260. The summed E-state index contributed by atoms with van der Waals surface area (Å²) in [7, 11) is 0. The lowest BCUT2D eigenvalue weighted by Crippen LogP contribution is -2.32. The first kappa shape index (κ1) is 60.8. The summed E-state index contributed by atoms with van der Waals surface area (Å²) in [6.07, 6.45) is 0. The van der Waals surface area contributed by atoms with Gasteiger partial charge in [-0.25, -0.2) is 19.9 Å². The van der Waals surface area contributed by atoms with E-state index in [9.17, 15) is 0 Å². The van der Waals surface area contributed by atoms with Crippen LogP contribution < -0.4 is 9.47 Å². The van der Waals surface area contributed by atoms with E-state index >= 15 is 0 Å². The molecule has 0 amide bonds. The largest absolute Gasteiger partial charge is 0.457 e. The Hall–Kier alpha value is -13.9. The third-order valence-corrected chi connectivity index (χ3v) is 22.1. The third kappa shape index (κ3) is 9.58. The molecule has 15 aromatic carbocycles. The normalized spacial score (nSPS) is 13.2. The van der Waals surface area contributed by atoms with Crippen molar-refractivity contribution in [2.24, 2.45) is 0 Å². The third-order valence-electron chi connectivity index (χ3n) is 22.1. The van der Waals surface area contributed by atoms with Gasteiger partial charge in [-0.05, 0) is 150 Å². The van der Waals surface area contributed by atoms with Crippen LogP contribution in [0.5, 0.6) is 23.0 Å². The first-order valence-electron chi connectivity index (χ1n) is 36.1. The average molecular weight is 1350 g/mol. The first-order chi connectivity index (χ1) is 52.5. The summed E-state index contributed by atoms with van der Waals surface area (Å²) in [5.74, 6) is 4.54. The minimum absolute atomic E-state index is 0.528. The molecule has 0 radical (unpaired) electrons. The minimum atomic E-state index is -0.743. The van der Waals surface area contributed by atoms with Crippen molar-refractivity contribution in [1.82, 2.24) is 19.9 Å². The molecule has 4 aliphatic rings. The Morgan fingerprint density at radius 1 is 0.160 bits per heavy atom. The Balaban J connectivity index is 0.661. The van der Waals surface area contributed by atoms with Crippen LogP contribution in [0.3, 0.4) is 0 Å². The number of ether oxygens (including phenoxy) is 2. The molecule has 106 heavy (non-hydrogen) atoms. The molecule has 2 aliphatic carbocycles. The van der Waals surface area contributed by atoms with Crippen LogP contribution in [0.1, 0.15) is 44.5 Å². The van der Waals surface area contributed by atoms with Crippen LogP contribution in [0.4, 0.5) is 0 Å². The summed E-state index contributed by atoms with van der Waals surface area (Å²) in [6, 6.07) is 135. The van der Waals surface area contributed by atoms with Gasteiger partial charge in [-0.3, -0.25) is 0 Å². The summed E-state index contributed by atoms with van der Waals surface area (Å²) in [4.78, 5) is 21.4. The molecule has 0 fully saturated rings. The number of para-hydroxylation sites is 1. The SMILES string of the molecule is c1ccc(-c2cc(-c3ccccc3)nc(-c3ccc4c(c3)Oc3ccc(-c5ccc(-c6cc(-c7cccc(-c8cccc(-c9ccc%10c(c9)Oc9ccccc9C%109c%10ccccc%10-c%10ccccc%109)c8)c7)nc(-c7ccccc7)n6)c(-c6ccccc6)c5)cc3C43c4ccccc4-c4ccccc43)n2)cc1. The molecule has 0 N–H and O–H groups in total. The van der Waals surface area contributed by atoms with Gasteiger partial charge in [0.05, 0.1) is 33.6 Å². The second-order valence-electron chi connectivity index (χ2n) is 27.8. The van der Waals surface area contributed by atoms with Crippen LogP contribution in [0.25, 0.3) is 135 Å². The van der Waals surface area contributed by atoms with Crippen LogP contribution >= 0.6 is 0 Å². The van der Waals surface area contributed by atoms with E-state index in [0.717, 1.165) is 146 Å². The summed E-state index contributed by atoms with van der Waals surface area (Å²) in [5, 5.41) is 0. The zero-order valence-corrected chi connectivity index (χ0v) is 57.4. The van der Waals surface area contributed by atoms with Crippen molar-refractivity contribution in [2.45, 2.75) is 10.8 Å². The molecule has 0 saturated heterocycles. The highest BCUT2D eigenvalue weighted by Crippen LogP contribution is 2.65. The van der Waals surface area contributed by atoms with E-state index in [1.54, 1.807) is 0 Å². The summed E-state index contributed by atoms with van der Waals surface area (Å²) in [6.45, 7) is 0. The van der Waals surface area contributed by atoms with Gasteiger partial charge in [-0.15, -0.1) is 0 Å². The van der Waals surface area contributed by atoms with Crippen molar-refractivity contribution in [2.75, 3.05) is 0 Å². The van der Waals surface area contributed by atoms with Crippen molar-refractivity contribution >= 4 is 0 Å². The van der Waals surface area contributed by atoms with E-state index in [4.69, 9.17) is 29.4 Å². The van der Waals surface area contributed by atoms with Crippen LogP contribution in [-0.4, -0.2) is 19.9 Å². The molecule has 0 unspecified atom stereocenters. The Labute approximate surface area is 614 Å². The van der Waals surface area contributed by atoms with Gasteiger partial charge in [0.1, 0.15) is 23.0 Å². The van der Waals surface area contributed by atoms with Crippen molar-refractivity contribution in [1.29, 1.82) is 0 Å². The highest BCUT2D eigenvalue weighted by Gasteiger charge is 2.53. The molecule has 2 spiro atoms. The van der Waals surface area contributed by atoms with Crippen LogP contribution in [-0.2, 0) is 10.8 Å². The molecule has 2 aromatic heterocycles. The number of benzene rings is 15. The Morgan fingerprint density at radius 3 is 1.06 bits per heavy atom. The molecular weight excluding hydrogens is 1290 g/mol. The molecule has 4 heterocycles. The van der Waals surface area contributed by atoms with Gasteiger partial charge in [-0.2, -0.15) is 0 Å². The van der Waals surface area contributed by atoms with E-state index in [2.05, 4.69) is 358 Å². The summed E-state index contributed by atoms with van der Waals surface area (Å²) >= 11 is 0. The summed E-state index contributed by atoms with van der Waals surface area (Å²) < 4.78 is 14.2. The maximum absolute atomic E-state index is 7.28. The number of fused-ring (bicyclic) bond motifs is 18. The topological polar surface area (TPSA) is 70.0 Å². The molecular formula is C100H62N4O2. The van der Waals surface area contributed by atoms with Gasteiger partial charge < -0.3 is 9.47 Å². The number of hydrogen-bond acceptors (Lipinski definition) is 6. The fraction of sp³-hybridized carbons (Fsp3) is 0.0200. The Kier molecular flexibility index (Phi) is 14.0. The van der Waals surface area contributed by atoms with Gasteiger partial charge in [0.2, 0.25) is 0 Å². The molecule has 2 aliphatic heterocycles. The van der Waals surface area contributed by atoms with E-state index < -0.39 is 10.8 Å². The lowest BCUT2D eigenvalue weighted by Gasteiger charge is -2.39. The summed E-state index contributed by atoms with van der Waals surface area (Å²) in [5.41, 5.74) is 30.7. The van der Waals surface area contributed by atoms with Crippen LogP contribution in [0.2, 0.25) is 0 Å². The van der Waals surface area contributed by atoms with E-state index in [0.29, 0.717) is 11.6 Å². The fourth-order valence-electron chi connectivity index (χ4n) is 17.3. The lowest BCUT2D eigenvalue weighted by atomic mass is 9.65. The number of nitrogens with zero attached hydrogens (tertiary/aromatic N) is 4. The standard InChI is InChI=1S/C100H62N4O2/c1-5-25-63(26-6-1)80-57-70(71-50-54-94-88(58-71)100(83-43-19-15-39-77(83)78-40-16-20-44-84(78)100)87-53-49-74(60-96(87)106-94)98-101-89(64-27-7-2-8-28-64)61-90(102-98)65-29-9-3-10-30-65)47-51-79(80)92-62-91(103-97(104-92)66-31-11-4-12-32-66)73-36-24-35-69(56-73)67-33-23-34-68(55-67)72-48-52-86-95(59-72)105-93-46-22-21-45-85(93)99(86)81-41-17-13-37-75(81)76-38-14-18-42-82(76)99/h1-62H. The van der Waals surface area contributed by atoms with Gasteiger partial charge in [0.25, 0.3) is 0 Å². The van der Waals surface area contributed by atoms with Crippen molar-refractivity contribution < 1.29 is 9.47 Å². The molecule has 0 atom stereocenters. The van der Waals surface area contributed by atoms with E-state index in [1.807, 2.05) is 18.2 Å². The maximum atomic E-state index is 7.28. The predicted molar refractivity (Wildman–Crippen MR) is 427 cm³/mol. The van der Waals surface area contributed by atoms with Crippen molar-refractivity contribution in [3.63, 3.8) is 0 Å². The highest BCUT2D eigenvalue weighted by molar-refractivity contribution is 5.94. The van der Waals surface area contributed by atoms with E-state index in [1.165, 1.54) is 44.5 Å². The number of aromatic nitrogens is 4. The molecule has 0 bridgehead atoms. The second-order valence-corrected chi connectivity index (χ2v) is 27.8. The smallest absolute Gasteiger partial charge is 0.160 e. The number of rotatable bonds is 10. The quantitative estimate of drug-likeness (QED) is 0.136.